The largest absolute Gasteiger partial charge is 0.416 e. The van der Waals surface area contributed by atoms with Crippen LogP contribution < -0.4 is 5.32 Å². The van der Waals surface area contributed by atoms with E-state index < -0.39 is 41.5 Å². The van der Waals surface area contributed by atoms with Crippen molar-refractivity contribution >= 4 is 5.91 Å². The van der Waals surface area contributed by atoms with Crippen molar-refractivity contribution in [1.29, 1.82) is 0 Å². The lowest BCUT2D eigenvalue weighted by atomic mass is 9.91. The van der Waals surface area contributed by atoms with Gasteiger partial charge >= 0.3 is 12.4 Å². The van der Waals surface area contributed by atoms with E-state index in [1.165, 1.54) is 19.1 Å². The molecule has 4 atom stereocenters. The molecule has 2 aliphatic carbocycles. The molecule has 0 aliphatic heterocycles. The second-order valence-corrected chi connectivity index (χ2v) is 10.1. The van der Waals surface area contributed by atoms with Crippen molar-refractivity contribution < 1.29 is 40.3 Å². The van der Waals surface area contributed by atoms with Crippen LogP contribution in [0.2, 0.25) is 0 Å². The molecular weight excluding hydrogens is 517 g/mol. The summed E-state index contributed by atoms with van der Waals surface area (Å²) in [5.74, 6) is -0.964. The Morgan fingerprint density at radius 2 is 1.55 bits per heavy atom. The van der Waals surface area contributed by atoms with Crippen LogP contribution >= 0.6 is 0 Å². The van der Waals surface area contributed by atoms with E-state index in [4.69, 9.17) is 4.74 Å². The van der Waals surface area contributed by atoms with Gasteiger partial charge in [-0.2, -0.15) is 26.3 Å². The van der Waals surface area contributed by atoms with Gasteiger partial charge in [-0.3, -0.25) is 9.69 Å². The predicted octanol–water partition coefficient (Wildman–Crippen LogP) is 6.47. The van der Waals surface area contributed by atoms with Gasteiger partial charge in [-0.15, -0.1) is 0 Å². The van der Waals surface area contributed by atoms with Gasteiger partial charge in [0.05, 0.1) is 29.9 Å². The summed E-state index contributed by atoms with van der Waals surface area (Å²) in [5.41, 5.74) is -2.34. The minimum atomic E-state index is -4.96. The highest BCUT2D eigenvalue weighted by molar-refractivity contribution is 5.78. The van der Waals surface area contributed by atoms with Gasteiger partial charge in [-0.25, -0.2) is 4.39 Å². The fourth-order valence-corrected chi connectivity index (χ4v) is 5.11. The molecule has 2 aliphatic rings. The molecule has 2 aromatic rings. The van der Waals surface area contributed by atoms with Crippen LogP contribution in [0.1, 0.15) is 66.9 Å². The number of nitrogens with zero attached hydrogens (tertiary/aromatic N) is 1. The molecule has 2 saturated carbocycles. The Bertz CT molecular complexity index is 1100. The maximum Gasteiger partial charge on any atom is 0.416 e. The molecule has 0 heterocycles. The number of rotatable bonds is 8. The second kappa shape index (κ2) is 10.8. The summed E-state index contributed by atoms with van der Waals surface area (Å²) < 4.78 is 100. The highest BCUT2D eigenvalue weighted by Crippen LogP contribution is 2.43. The van der Waals surface area contributed by atoms with Gasteiger partial charge in [0.1, 0.15) is 5.82 Å². The number of carbonyl (C=O) groups is 1. The number of amides is 1. The van der Waals surface area contributed by atoms with E-state index in [0.29, 0.717) is 30.5 Å². The topological polar surface area (TPSA) is 41.6 Å². The minimum absolute atomic E-state index is 0.0881. The number of hydrogen-bond donors (Lipinski definition) is 1. The van der Waals surface area contributed by atoms with Crippen molar-refractivity contribution in [3.8, 4) is 0 Å². The Morgan fingerprint density at radius 1 is 0.974 bits per heavy atom. The molecule has 0 aromatic heterocycles. The summed E-state index contributed by atoms with van der Waals surface area (Å²) in [6.07, 6.45) is -8.69. The van der Waals surface area contributed by atoms with Gasteiger partial charge in [0.25, 0.3) is 0 Å². The van der Waals surface area contributed by atoms with Crippen LogP contribution in [0.5, 0.6) is 0 Å². The fraction of sp³-hybridized carbons (Fsp3) is 0.519. The molecular formula is C27H29F7N2O2. The monoisotopic (exact) mass is 546 g/mol. The van der Waals surface area contributed by atoms with Crippen LogP contribution in [0, 0.1) is 5.82 Å². The zero-order valence-corrected chi connectivity index (χ0v) is 20.9. The van der Waals surface area contributed by atoms with E-state index in [1.807, 2.05) is 4.90 Å². The summed E-state index contributed by atoms with van der Waals surface area (Å²) in [7, 11) is 1.78. The van der Waals surface area contributed by atoms with Gasteiger partial charge < -0.3 is 10.1 Å². The Kier molecular flexibility index (Phi) is 8.09. The van der Waals surface area contributed by atoms with Gasteiger partial charge in [-0.05, 0) is 81.1 Å². The van der Waals surface area contributed by atoms with Crippen LogP contribution in [0.25, 0.3) is 0 Å². The van der Waals surface area contributed by atoms with Crippen LogP contribution in [0.4, 0.5) is 30.7 Å². The summed E-state index contributed by atoms with van der Waals surface area (Å²) in [6, 6.07) is 7.16. The molecule has 2 fully saturated rings. The number of carbonyl (C=O) groups excluding carboxylic acids is 1. The second-order valence-electron chi connectivity index (χ2n) is 10.1. The van der Waals surface area contributed by atoms with Gasteiger partial charge in [0, 0.05) is 18.0 Å². The first-order chi connectivity index (χ1) is 17.7. The number of benzene rings is 2. The molecule has 0 bridgehead atoms. The van der Waals surface area contributed by atoms with Crippen LogP contribution in [-0.2, 0) is 21.9 Å². The minimum Gasteiger partial charge on any atom is -0.370 e. The van der Waals surface area contributed by atoms with E-state index in [0.717, 1.165) is 12.8 Å². The molecule has 208 valence electrons. The van der Waals surface area contributed by atoms with Crippen LogP contribution in [0.3, 0.4) is 0 Å². The fourth-order valence-electron chi connectivity index (χ4n) is 5.11. The Hall–Kier alpha value is -2.66. The molecule has 4 nitrogen and oxygen atoms in total. The van der Waals surface area contributed by atoms with Gasteiger partial charge in [0.2, 0.25) is 5.91 Å². The molecule has 4 rings (SSSR count). The number of nitrogens with one attached hydrogen (secondary N) is 1. The lowest BCUT2D eigenvalue weighted by Crippen LogP contribution is -2.43. The van der Waals surface area contributed by atoms with Crippen molar-refractivity contribution in [2.24, 2.45) is 0 Å². The first-order valence-corrected chi connectivity index (χ1v) is 12.4. The standard InChI is InChI=1S/C27H29F7N2O2/c1-15(17-11-18(26(29,30)31)13-19(12-17)27(32,33)34)38-23-10-9-22(25(23)16-3-5-20(28)6-4-16)36(2)14-24(37)35-21-7-8-21/h3-6,11-13,15,21-23,25H,7-10,14H2,1-2H3,(H,35,37). The average molecular weight is 547 g/mol. The Morgan fingerprint density at radius 3 is 2.08 bits per heavy atom. The summed E-state index contributed by atoms with van der Waals surface area (Å²) in [5, 5.41) is 2.92. The third-order valence-electron chi connectivity index (χ3n) is 7.18. The third-order valence-corrected chi connectivity index (χ3v) is 7.18. The van der Waals surface area contributed by atoms with E-state index in [-0.39, 0.29) is 42.1 Å². The van der Waals surface area contributed by atoms with Gasteiger partial charge in [-0.1, -0.05) is 12.1 Å². The van der Waals surface area contributed by atoms with Crippen molar-refractivity contribution in [2.45, 2.75) is 75.2 Å². The van der Waals surface area contributed by atoms with Crippen molar-refractivity contribution in [2.75, 3.05) is 13.6 Å². The zero-order chi connectivity index (χ0) is 27.8. The van der Waals surface area contributed by atoms with Crippen molar-refractivity contribution in [3.63, 3.8) is 0 Å². The zero-order valence-electron chi connectivity index (χ0n) is 20.9. The molecule has 1 amide bonds. The van der Waals surface area contributed by atoms with Crippen LogP contribution in [-0.4, -0.2) is 42.6 Å². The third kappa shape index (κ3) is 6.85. The predicted molar refractivity (Wildman–Crippen MR) is 126 cm³/mol. The Labute approximate surface area is 216 Å². The summed E-state index contributed by atoms with van der Waals surface area (Å²) in [4.78, 5) is 14.3. The number of alkyl halides is 6. The highest BCUT2D eigenvalue weighted by Gasteiger charge is 2.42. The smallest absolute Gasteiger partial charge is 0.370 e. The maximum absolute atomic E-state index is 13.6. The number of likely N-dealkylation sites (N-methyl/N-ethyl adjacent to an activating group) is 1. The molecule has 0 saturated heterocycles. The van der Waals surface area contributed by atoms with E-state index in [9.17, 15) is 35.5 Å². The van der Waals surface area contributed by atoms with E-state index >= 15 is 0 Å². The lowest BCUT2D eigenvalue weighted by Gasteiger charge is -2.33. The number of hydrogen-bond acceptors (Lipinski definition) is 3. The Balaban J connectivity index is 1.59. The number of ether oxygens (including phenoxy) is 1. The molecule has 11 heteroatoms. The van der Waals surface area contributed by atoms with Gasteiger partial charge in [0.15, 0.2) is 0 Å². The lowest BCUT2D eigenvalue weighted by molar-refractivity contribution is -0.143. The van der Waals surface area contributed by atoms with E-state index in [1.54, 1.807) is 19.2 Å². The molecule has 0 radical (unpaired) electrons. The first-order valence-electron chi connectivity index (χ1n) is 12.4. The molecule has 0 spiro atoms. The van der Waals surface area contributed by atoms with Crippen molar-refractivity contribution in [1.82, 2.24) is 10.2 Å². The summed E-state index contributed by atoms with van der Waals surface area (Å²) >= 11 is 0. The molecule has 4 unspecified atom stereocenters. The van der Waals surface area contributed by atoms with Crippen LogP contribution in [0.15, 0.2) is 42.5 Å². The highest BCUT2D eigenvalue weighted by atomic mass is 19.4. The quantitative estimate of drug-likeness (QED) is 0.386. The SMILES string of the molecule is CC(OC1CCC(N(C)CC(=O)NC2CC2)C1c1ccc(F)cc1)c1cc(C(F)(F)F)cc(C(F)(F)F)c1. The number of halogens is 7. The molecule has 38 heavy (non-hydrogen) atoms. The molecule has 1 N–H and O–H groups in total. The maximum atomic E-state index is 13.6. The molecule has 2 aromatic carbocycles. The average Bonchev–Trinajstić information content (AvgIpc) is 3.54. The van der Waals surface area contributed by atoms with Crippen molar-refractivity contribution in [3.05, 3.63) is 70.5 Å². The summed E-state index contributed by atoms with van der Waals surface area (Å²) in [6.45, 7) is 1.53. The first kappa shape index (κ1) is 28.4. The normalized spacial score (nSPS) is 23.1. The van der Waals surface area contributed by atoms with E-state index in [2.05, 4.69) is 5.32 Å².